The van der Waals surface area contributed by atoms with E-state index in [1.54, 1.807) is 18.2 Å². The largest absolute Gasteiger partial charge is 0.310 e. The Labute approximate surface area is 149 Å². The van der Waals surface area contributed by atoms with Gasteiger partial charge in [-0.25, -0.2) is 9.37 Å². The van der Waals surface area contributed by atoms with E-state index in [9.17, 15) is 14.0 Å². The molecule has 2 aromatic rings. The van der Waals surface area contributed by atoms with Crippen molar-refractivity contribution in [2.75, 3.05) is 11.1 Å². The van der Waals surface area contributed by atoms with E-state index < -0.39 is 11.7 Å². The van der Waals surface area contributed by atoms with Crippen LogP contribution in [0.1, 0.15) is 23.5 Å². The second-order valence-electron chi connectivity index (χ2n) is 5.21. The molecule has 24 heavy (non-hydrogen) atoms. The lowest BCUT2D eigenvalue weighted by atomic mass is 9.87. The molecule has 1 atom stereocenters. The Kier molecular flexibility index (Phi) is 4.86. The second kappa shape index (κ2) is 6.90. The zero-order valence-corrected chi connectivity index (χ0v) is 14.8. The van der Waals surface area contributed by atoms with E-state index in [0.29, 0.717) is 22.0 Å². The molecule has 1 aliphatic rings. The van der Waals surface area contributed by atoms with Crippen LogP contribution in [0.4, 0.5) is 10.2 Å². The van der Waals surface area contributed by atoms with Crippen molar-refractivity contribution in [3.63, 3.8) is 0 Å². The third-order valence-electron chi connectivity index (χ3n) is 3.61. The Balaban J connectivity index is 2.09. The van der Waals surface area contributed by atoms with Crippen LogP contribution in [0.5, 0.6) is 0 Å². The van der Waals surface area contributed by atoms with Gasteiger partial charge in [0.2, 0.25) is 5.91 Å². The van der Waals surface area contributed by atoms with Gasteiger partial charge in [0.15, 0.2) is 5.16 Å². The number of benzene rings is 1. The lowest BCUT2D eigenvalue weighted by Crippen LogP contribution is -2.31. The summed E-state index contributed by atoms with van der Waals surface area (Å²) in [5.41, 5.74) is 0.756. The smallest absolute Gasteiger partial charge is 0.257 e. The van der Waals surface area contributed by atoms with E-state index in [2.05, 4.69) is 37.8 Å². The molecule has 0 bridgehead atoms. The molecule has 1 amide bonds. The third-order valence-corrected chi connectivity index (χ3v) is 5.09. The van der Waals surface area contributed by atoms with Crippen LogP contribution < -0.4 is 10.9 Å². The molecular formula is C16H13BrFN3O2S. The molecule has 0 aliphatic carbocycles. The summed E-state index contributed by atoms with van der Waals surface area (Å²) >= 11 is 4.45. The number of halogens is 2. The quantitative estimate of drug-likeness (QED) is 0.460. The number of aromatic amines is 1. The first kappa shape index (κ1) is 16.9. The molecule has 0 saturated heterocycles. The maximum atomic E-state index is 13.5. The fourth-order valence-electron chi connectivity index (χ4n) is 2.57. The molecule has 1 aromatic heterocycles. The Morgan fingerprint density at radius 1 is 1.46 bits per heavy atom. The minimum atomic E-state index is -0.472. The monoisotopic (exact) mass is 409 g/mol. The minimum Gasteiger partial charge on any atom is -0.310 e. The molecule has 1 unspecified atom stereocenters. The summed E-state index contributed by atoms with van der Waals surface area (Å²) in [6.07, 6.45) is 1.80. The number of aromatic nitrogens is 2. The summed E-state index contributed by atoms with van der Waals surface area (Å²) < 4.78 is 13.8. The summed E-state index contributed by atoms with van der Waals surface area (Å²) in [5, 5.41) is 3.06. The number of carbonyl (C=O) groups is 1. The Morgan fingerprint density at radius 3 is 2.96 bits per heavy atom. The van der Waals surface area contributed by atoms with Crippen LogP contribution in [0.3, 0.4) is 0 Å². The van der Waals surface area contributed by atoms with Gasteiger partial charge in [0.1, 0.15) is 11.6 Å². The van der Waals surface area contributed by atoms with Crippen molar-refractivity contribution in [3.8, 4) is 0 Å². The van der Waals surface area contributed by atoms with Gasteiger partial charge in [-0.05, 0) is 33.6 Å². The normalized spacial score (nSPS) is 16.4. The summed E-state index contributed by atoms with van der Waals surface area (Å²) in [6.45, 7) is 3.62. The molecular weight excluding hydrogens is 397 g/mol. The molecule has 0 fully saturated rings. The number of H-pyrrole nitrogens is 1. The van der Waals surface area contributed by atoms with Crippen molar-refractivity contribution in [1.82, 2.24) is 9.97 Å². The highest BCUT2D eigenvalue weighted by Crippen LogP contribution is 2.35. The number of hydrogen-bond donors (Lipinski definition) is 2. The van der Waals surface area contributed by atoms with E-state index in [0.717, 1.165) is 0 Å². The number of anilines is 1. The Morgan fingerprint density at radius 2 is 2.25 bits per heavy atom. The second-order valence-corrected chi connectivity index (χ2v) is 7.07. The first-order valence-corrected chi connectivity index (χ1v) is 8.90. The van der Waals surface area contributed by atoms with Crippen molar-refractivity contribution < 1.29 is 9.18 Å². The van der Waals surface area contributed by atoms with Gasteiger partial charge in [0, 0.05) is 18.1 Å². The van der Waals surface area contributed by atoms with Crippen LogP contribution in [0.25, 0.3) is 0 Å². The lowest BCUT2D eigenvalue weighted by Gasteiger charge is -2.24. The summed E-state index contributed by atoms with van der Waals surface area (Å²) in [7, 11) is 0. The molecule has 2 heterocycles. The average molecular weight is 410 g/mol. The maximum Gasteiger partial charge on any atom is 0.257 e. The maximum absolute atomic E-state index is 13.5. The van der Waals surface area contributed by atoms with Gasteiger partial charge in [0.25, 0.3) is 5.56 Å². The molecule has 1 aromatic carbocycles. The van der Waals surface area contributed by atoms with Crippen molar-refractivity contribution in [1.29, 1.82) is 0 Å². The van der Waals surface area contributed by atoms with Crippen LogP contribution in [0.2, 0.25) is 0 Å². The van der Waals surface area contributed by atoms with Crippen LogP contribution in [-0.2, 0) is 4.79 Å². The molecule has 5 nitrogen and oxygen atoms in total. The summed E-state index contributed by atoms with van der Waals surface area (Å²) in [5.74, 6) is -0.259. The lowest BCUT2D eigenvalue weighted by molar-refractivity contribution is -0.116. The van der Waals surface area contributed by atoms with Crippen molar-refractivity contribution in [3.05, 3.63) is 62.6 Å². The minimum absolute atomic E-state index is 0.106. The van der Waals surface area contributed by atoms with Gasteiger partial charge >= 0.3 is 0 Å². The Bertz CT molecular complexity index is 884. The first-order valence-electron chi connectivity index (χ1n) is 7.12. The zero-order chi connectivity index (χ0) is 17.3. The van der Waals surface area contributed by atoms with E-state index in [-0.39, 0.29) is 28.2 Å². The average Bonchev–Trinajstić information content (AvgIpc) is 2.54. The molecule has 8 heteroatoms. The van der Waals surface area contributed by atoms with E-state index in [4.69, 9.17) is 0 Å². The van der Waals surface area contributed by atoms with Crippen LogP contribution >= 0.6 is 27.7 Å². The SMILES string of the molecule is C=CCSc1nc2c(c(=O)[nH]1)C(c1ccc(F)c(Br)c1)CC(=O)N2. The molecule has 0 spiro atoms. The number of amides is 1. The number of nitrogens with zero attached hydrogens (tertiary/aromatic N) is 1. The van der Waals surface area contributed by atoms with Gasteiger partial charge in [-0.15, -0.1) is 6.58 Å². The van der Waals surface area contributed by atoms with Gasteiger partial charge in [-0.1, -0.05) is 23.9 Å². The number of nitrogens with one attached hydrogen (secondary N) is 2. The molecule has 1 aliphatic heterocycles. The molecule has 3 rings (SSSR count). The highest BCUT2D eigenvalue weighted by molar-refractivity contribution is 9.10. The number of rotatable bonds is 4. The van der Waals surface area contributed by atoms with Gasteiger partial charge < -0.3 is 10.3 Å². The molecule has 2 N–H and O–H groups in total. The van der Waals surface area contributed by atoms with Crippen molar-refractivity contribution >= 4 is 39.4 Å². The van der Waals surface area contributed by atoms with Crippen molar-refractivity contribution in [2.45, 2.75) is 17.5 Å². The standard InChI is InChI=1S/C16H13BrFN3O2S/c1-2-5-24-16-20-14-13(15(23)21-16)9(7-12(22)19-14)8-3-4-11(18)10(17)6-8/h2-4,6,9H,1,5,7H2,(H2,19,20,21,22,23). The number of fused-ring (bicyclic) bond motifs is 1. The fourth-order valence-corrected chi connectivity index (χ4v) is 3.56. The van der Waals surface area contributed by atoms with Gasteiger partial charge in [-0.3, -0.25) is 9.59 Å². The highest BCUT2D eigenvalue weighted by Gasteiger charge is 2.31. The summed E-state index contributed by atoms with van der Waals surface area (Å²) in [4.78, 5) is 31.6. The predicted molar refractivity (Wildman–Crippen MR) is 95.0 cm³/mol. The Hall–Kier alpha value is -1.93. The molecule has 124 valence electrons. The topological polar surface area (TPSA) is 74.8 Å². The van der Waals surface area contributed by atoms with E-state index in [1.807, 2.05) is 0 Å². The molecule has 0 saturated carbocycles. The van der Waals surface area contributed by atoms with Crippen LogP contribution in [0.15, 0.2) is 45.3 Å². The fraction of sp³-hybridized carbons (Fsp3) is 0.188. The first-order chi connectivity index (χ1) is 11.5. The van der Waals surface area contributed by atoms with E-state index >= 15 is 0 Å². The van der Waals surface area contributed by atoms with Gasteiger partial charge in [-0.2, -0.15) is 0 Å². The zero-order valence-electron chi connectivity index (χ0n) is 12.4. The highest BCUT2D eigenvalue weighted by atomic mass is 79.9. The molecule has 0 radical (unpaired) electrons. The summed E-state index contributed by atoms with van der Waals surface area (Å²) in [6, 6.07) is 4.47. The number of carbonyl (C=O) groups excluding carboxylic acids is 1. The van der Waals surface area contributed by atoms with E-state index in [1.165, 1.54) is 17.8 Å². The third kappa shape index (κ3) is 3.29. The van der Waals surface area contributed by atoms with Crippen LogP contribution in [-0.4, -0.2) is 21.6 Å². The van der Waals surface area contributed by atoms with Gasteiger partial charge in [0.05, 0.1) is 10.0 Å². The van der Waals surface area contributed by atoms with Crippen molar-refractivity contribution in [2.24, 2.45) is 0 Å². The number of hydrogen-bond acceptors (Lipinski definition) is 4. The van der Waals surface area contributed by atoms with Crippen LogP contribution in [0, 0.1) is 5.82 Å². The number of thioether (sulfide) groups is 1. The predicted octanol–water partition coefficient (Wildman–Crippen LogP) is 3.42.